The highest BCUT2D eigenvalue weighted by Crippen LogP contribution is 2.51. The molecule has 0 saturated heterocycles. The Hall–Kier alpha value is -0.360. The van der Waals surface area contributed by atoms with Crippen LogP contribution in [0.1, 0.15) is 59.8 Å². The van der Waals surface area contributed by atoms with Crippen LogP contribution in [0.15, 0.2) is 0 Å². The normalized spacial score (nSPS) is 16.2. The van der Waals surface area contributed by atoms with Gasteiger partial charge in [-0.1, -0.05) is 47.0 Å². The number of unbranched alkanes of at least 4 members (excludes halogenated alkanes) is 2. The SMILES string of the molecule is CCCCCC(CC)OP(=O)(C#N)N(CC)CC. The fourth-order valence-electron chi connectivity index (χ4n) is 1.90. The summed E-state index contributed by atoms with van der Waals surface area (Å²) in [5, 5.41) is 9.15. The van der Waals surface area contributed by atoms with Crippen molar-refractivity contribution in [2.75, 3.05) is 13.1 Å². The van der Waals surface area contributed by atoms with Crippen LogP contribution in [0, 0.1) is 11.1 Å². The van der Waals surface area contributed by atoms with Gasteiger partial charge in [0.1, 0.15) is 0 Å². The molecule has 0 amide bonds. The zero-order valence-electron chi connectivity index (χ0n) is 12.2. The van der Waals surface area contributed by atoms with Crippen molar-refractivity contribution >= 4 is 7.52 Å². The summed E-state index contributed by atoms with van der Waals surface area (Å²) >= 11 is 0. The van der Waals surface area contributed by atoms with Crippen LogP contribution in [0.25, 0.3) is 0 Å². The summed E-state index contributed by atoms with van der Waals surface area (Å²) in [6.07, 6.45) is 5.00. The lowest BCUT2D eigenvalue weighted by Crippen LogP contribution is -2.23. The van der Waals surface area contributed by atoms with Crippen molar-refractivity contribution < 1.29 is 9.09 Å². The van der Waals surface area contributed by atoms with Gasteiger partial charge in [0.05, 0.1) is 6.10 Å². The maximum atomic E-state index is 12.5. The van der Waals surface area contributed by atoms with Gasteiger partial charge in [0, 0.05) is 13.1 Å². The monoisotopic (exact) mass is 274 g/mol. The predicted octanol–water partition coefficient (Wildman–Crippen LogP) is 4.38. The Balaban J connectivity index is 4.57. The van der Waals surface area contributed by atoms with Crippen molar-refractivity contribution in [1.82, 2.24) is 4.67 Å². The maximum Gasteiger partial charge on any atom is 0.371 e. The van der Waals surface area contributed by atoms with E-state index in [1.165, 1.54) is 0 Å². The van der Waals surface area contributed by atoms with E-state index in [0.29, 0.717) is 13.1 Å². The van der Waals surface area contributed by atoms with E-state index in [1.54, 1.807) is 4.67 Å². The van der Waals surface area contributed by atoms with E-state index in [0.717, 1.165) is 32.1 Å². The van der Waals surface area contributed by atoms with Crippen molar-refractivity contribution in [3.05, 3.63) is 0 Å². The minimum absolute atomic E-state index is 0.0670. The minimum Gasteiger partial charge on any atom is -0.304 e. The second-order valence-corrected chi connectivity index (χ2v) is 6.41. The van der Waals surface area contributed by atoms with Crippen LogP contribution in [0.5, 0.6) is 0 Å². The van der Waals surface area contributed by atoms with E-state index >= 15 is 0 Å². The number of hydrogen-bond acceptors (Lipinski definition) is 3. The van der Waals surface area contributed by atoms with Crippen LogP contribution in [-0.4, -0.2) is 23.9 Å². The fraction of sp³-hybridized carbons (Fsp3) is 0.923. The Bertz CT molecular complexity index is 298. The predicted molar refractivity (Wildman–Crippen MR) is 75.4 cm³/mol. The molecule has 0 spiro atoms. The molecule has 106 valence electrons. The molecule has 4 nitrogen and oxygen atoms in total. The van der Waals surface area contributed by atoms with Gasteiger partial charge in [-0.3, -0.25) is 4.57 Å². The summed E-state index contributed by atoms with van der Waals surface area (Å²) in [4.78, 5) is 0. The molecule has 0 aliphatic carbocycles. The van der Waals surface area contributed by atoms with E-state index in [-0.39, 0.29) is 6.10 Å². The molecule has 2 atom stereocenters. The van der Waals surface area contributed by atoms with Gasteiger partial charge in [0.15, 0.2) is 5.81 Å². The smallest absolute Gasteiger partial charge is 0.304 e. The van der Waals surface area contributed by atoms with Gasteiger partial charge in [-0.15, -0.1) is 0 Å². The van der Waals surface area contributed by atoms with E-state index in [4.69, 9.17) is 9.79 Å². The Morgan fingerprint density at radius 3 is 2.22 bits per heavy atom. The average molecular weight is 274 g/mol. The molecule has 2 unspecified atom stereocenters. The molecule has 0 bridgehead atoms. The third-order valence-corrected chi connectivity index (χ3v) is 5.25. The summed E-state index contributed by atoms with van der Waals surface area (Å²) in [7, 11) is -3.29. The van der Waals surface area contributed by atoms with Crippen molar-refractivity contribution in [3.8, 4) is 5.81 Å². The highest BCUT2D eigenvalue weighted by atomic mass is 31.2. The van der Waals surface area contributed by atoms with E-state index in [9.17, 15) is 4.57 Å². The van der Waals surface area contributed by atoms with Gasteiger partial charge in [-0.2, -0.15) is 5.26 Å². The lowest BCUT2D eigenvalue weighted by Gasteiger charge is -2.27. The summed E-state index contributed by atoms with van der Waals surface area (Å²) in [5.41, 5.74) is 0. The molecule has 0 aliphatic heterocycles. The molecule has 0 heterocycles. The lowest BCUT2D eigenvalue weighted by molar-refractivity contribution is 0.169. The lowest BCUT2D eigenvalue weighted by atomic mass is 10.1. The van der Waals surface area contributed by atoms with Crippen LogP contribution in [0.2, 0.25) is 0 Å². The Labute approximate surface area is 112 Å². The molecule has 18 heavy (non-hydrogen) atoms. The second kappa shape index (κ2) is 9.55. The number of nitriles is 1. The largest absolute Gasteiger partial charge is 0.371 e. The molecule has 0 aromatic heterocycles. The first-order valence-electron chi connectivity index (χ1n) is 7.03. The molecule has 0 aliphatic rings. The van der Waals surface area contributed by atoms with Crippen LogP contribution in [0.3, 0.4) is 0 Å². The van der Waals surface area contributed by atoms with Crippen LogP contribution >= 0.6 is 7.52 Å². The van der Waals surface area contributed by atoms with Crippen molar-refractivity contribution in [2.24, 2.45) is 0 Å². The summed E-state index contributed by atoms with van der Waals surface area (Å²) in [5.74, 6) is 1.89. The Morgan fingerprint density at radius 2 is 1.83 bits per heavy atom. The molecule has 0 aromatic carbocycles. The minimum atomic E-state index is -3.29. The van der Waals surface area contributed by atoms with Gasteiger partial charge in [0.2, 0.25) is 0 Å². The number of hydrogen-bond donors (Lipinski definition) is 0. The van der Waals surface area contributed by atoms with Gasteiger partial charge in [-0.05, 0) is 12.8 Å². The Kier molecular flexibility index (Phi) is 9.36. The quantitative estimate of drug-likeness (QED) is 0.438. The summed E-state index contributed by atoms with van der Waals surface area (Å²) < 4.78 is 19.8. The summed E-state index contributed by atoms with van der Waals surface area (Å²) in [6.45, 7) is 9.11. The number of nitrogens with zero attached hydrogens (tertiary/aromatic N) is 2. The highest BCUT2D eigenvalue weighted by Gasteiger charge is 2.32. The topological polar surface area (TPSA) is 53.3 Å². The molecule has 0 N–H and O–H groups in total. The standard InChI is InChI=1S/C13H27N2O2P/c1-5-9-10-11-13(6-2)17-18(16,12-14)15(7-3)8-4/h13H,5-11H2,1-4H3. The first-order chi connectivity index (χ1) is 8.57. The first kappa shape index (κ1) is 17.6. The molecule has 0 rings (SSSR count). The molecular weight excluding hydrogens is 247 g/mol. The maximum absolute atomic E-state index is 12.5. The van der Waals surface area contributed by atoms with Crippen LogP contribution < -0.4 is 0 Å². The fourth-order valence-corrected chi connectivity index (χ4v) is 3.62. The van der Waals surface area contributed by atoms with Gasteiger partial charge in [0.25, 0.3) is 0 Å². The molecule has 0 aromatic rings. The van der Waals surface area contributed by atoms with Crippen LogP contribution in [-0.2, 0) is 9.09 Å². The Morgan fingerprint density at radius 1 is 1.22 bits per heavy atom. The van der Waals surface area contributed by atoms with Crippen LogP contribution in [0.4, 0.5) is 0 Å². The van der Waals surface area contributed by atoms with Gasteiger partial charge < -0.3 is 4.52 Å². The molecular formula is C13H27N2O2P. The van der Waals surface area contributed by atoms with Crippen molar-refractivity contribution in [3.63, 3.8) is 0 Å². The second-order valence-electron chi connectivity index (χ2n) is 4.39. The number of rotatable bonds is 10. The molecule has 0 fully saturated rings. The molecule has 0 radical (unpaired) electrons. The van der Waals surface area contributed by atoms with Crippen molar-refractivity contribution in [1.29, 1.82) is 5.26 Å². The van der Waals surface area contributed by atoms with Gasteiger partial charge in [-0.25, -0.2) is 4.67 Å². The molecule has 5 heteroatoms. The van der Waals surface area contributed by atoms with Gasteiger partial charge >= 0.3 is 7.52 Å². The molecule has 0 saturated carbocycles. The van der Waals surface area contributed by atoms with E-state index in [1.807, 2.05) is 26.6 Å². The average Bonchev–Trinajstić information content (AvgIpc) is 2.39. The van der Waals surface area contributed by atoms with Crippen molar-refractivity contribution in [2.45, 2.75) is 65.9 Å². The van der Waals surface area contributed by atoms with E-state index < -0.39 is 7.52 Å². The third-order valence-electron chi connectivity index (χ3n) is 3.11. The third kappa shape index (κ3) is 5.52. The summed E-state index contributed by atoms with van der Waals surface area (Å²) in [6, 6.07) is 0. The van der Waals surface area contributed by atoms with E-state index in [2.05, 4.69) is 6.92 Å². The zero-order chi connectivity index (χ0) is 14.0. The zero-order valence-corrected chi connectivity index (χ0v) is 13.1. The highest BCUT2D eigenvalue weighted by molar-refractivity contribution is 7.61. The first-order valence-corrected chi connectivity index (χ1v) is 8.60.